The zero-order valence-electron chi connectivity index (χ0n) is 15.1. The van der Waals surface area contributed by atoms with Gasteiger partial charge in [0.1, 0.15) is 6.04 Å². The van der Waals surface area contributed by atoms with Crippen LogP contribution in [0.25, 0.3) is 0 Å². The predicted molar refractivity (Wildman–Crippen MR) is 99.0 cm³/mol. The number of hydrogen-bond donors (Lipinski definition) is 2. The van der Waals surface area contributed by atoms with Crippen molar-refractivity contribution in [2.75, 3.05) is 31.1 Å². The van der Waals surface area contributed by atoms with Crippen LogP contribution in [0.1, 0.15) is 32.1 Å². The zero-order valence-corrected chi connectivity index (χ0v) is 15.1. The van der Waals surface area contributed by atoms with Crippen LogP contribution < -0.4 is 10.2 Å². The molecular weight excluding hydrogens is 332 g/mol. The summed E-state index contributed by atoms with van der Waals surface area (Å²) in [5.41, 5.74) is 1.24. The third kappa shape index (κ3) is 4.72. The Hall–Kier alpha value is -2.15. The van der Waals surface area contributed by atoms with Gasteiger partial charge in [-0.15, -0.1) is 0 Å². The van der Waals surface area contributed by atoms with Crippen LogP contribution in [0, 0.1) is 5.92 Å². The molecule has 0 radical (unpaired) electrons. The molecule has 1 aromatic heterocycles. The molecule has 142 valence electrons. The van der Waals surface area contributed by atoms with Crippen molar-refractivity contribution in [2.24, 2.45) is 5.92 Å². The molecule has 0 aromatic carbocycles. The Morgan fingerprint density at radius 1 is 1.19 bits per heavy atom. The molecular formula is C19H28N4O3. The number of aromatic nitrogens is 1. The highest BCUT2D eigenvalue weighted by Crippen LogP contribution is 2.31. The standard InChI is InChI=1S/C19H28N4O3/c24-14-21-18(19(25)26)13-15-1-3-16(4-2-15)22-9-11-23(12-10-22)17-5-7-20-8-6-17/h5-8,14-16,18H,1-4,9-13H2,(H,21,24)(H,25,26). The SMILES string of the molecule is O=CNC(CC1CCC(N2CCN(c3ccncc3)CC2)CC1)C(=O)O. The maximum Gasteiger partial charge on any atom is 0.326 e. The summed E-state index contributed by atoms with van der Waals surface area (Å²) in [4.78, 5) is 30.8. The Kier molecular flexibility index (Phi) is 6.44. The molecule has 1 aromatic rings. The maximum absolute atomic E-state index is 11.2. The summed E-state index contributed by atoms with van der Waals surface area (Å²) in [6, 6.07) is 3.98. The van der Waals surface area contributed by atoms with Crippen LogP contribution in [0.15, 0.2) is 24.5 Å². The normalized spacial score (nSPS) is 25.5. The number of hydrogen-bond acceptors (Lipinski definition) is 5. The van der Waals surface area contributed by atoms with Crippen LogP contribution in [0.5, 0.6) is 0 Å². The Bertz CT molecular complexity index is 582. The predicted octanol–water partition coefficient (Wildman–Crippen LogP) is 1.35. The average molecular weight is 360 g/mol. The molecule has 3 rings (SSSR count). The van der Waals surface area contributed by atoms with Crippen LogP contribution in [-0.2, 0) is 9.59 Å². The van der Waals surface area contributed by atoms with Gasteiger partial charge < -0.3 is 15.3 Å². The van der Waals surface area contributed by atoms with Gasteiger partial charge in [0, 0.05) is 50.3 Å². The number of nitrogens with one attached hydrogen (secondary N) is 1. The number of carbonyl (C=O) groups is 2. The number of anilines is 1. The van der Waals surface area contributed by atoms with E-state index in [-0.39, 0.29) is 0 Å². The summed E-state index contributed by atoms with van der Waals surface area (Å²) in [7, 11) is 0. The molecule has 2 aliphatic rings. The first kappa shape index (κ1) is 18.6. The van der Waals surface area contributed by atoms with E-state index in [2.05, 4.69) is 32.2 Å². The molecule has 7 nitrogen and oxygen atoms in total. The van der Waals surface area contributed by atoms with Gasteiger partial charge in [-0.05, 0) is 50.2 Å². The topological polar surface area (TPSA) is 85.8 Å². The highest BCUT2D eigenvalue weighted by atomic mass is 16.4. The van der Waals surface area contributed by atoms with E-state index in [1.807, 2.05) is 12.4 Å². The van der Waals surface area contributed by atoms with Crippen LogP contribution >= 0.6 is 0 Å². The third-order valence-electron chi connectivity index (χ3n) is 5.81. The van der Waals surface area contributed by atoms with Crippen molar-refractivity contribution in [1.82, 2.24) is 15.2 Å². The number of carbonyl (C=O) groups excluding carboxylic acids is 1. The Morgan fingerprint density at radius 3 is 2.42 bits per heavy atom. The van der Waals surface area contributed by atoms with Crippen molar-refractivity contribution in [3.05, 3.63) is 24.5 Å². The molecule has 1 saturated carbocycles. The number of piperazine rings is 1. The molecule has 2 fully saturated rings. The Morgan fingerprint density at radius 2 is 1.85 bits per heavy atom. The van der Waals surface area contributed by atoms with E-state index >= 15 is 0 Å². The minimum atomic E-state index is -0.938. The first-order valence-corrected chi connectivity index (χ1v) is 9.49. The molecule has 1 unspecified atom stereocenters. The number of rotatable bonds is 7. The Labute approximate surface area is 154 Å². The minimum Gasteiger partial charge on any atom is -0.480 e. The monoisotopic (exact) mass is 360 g/mol. The molecule has 1 aliphatic heterocycles. The zero-order chi connectivity index (χ0) is 18.4. The van der Waals surface area contributed by atoms with E-state index < -0.39 is 12.0 Å². The molecule has 2 heterocycles. The molecule has 26 heavy (non-hydrogen) atoms. The fourth-order valence-corrected chi connectivity index (χ4v) is 4.30. The van der Waals surface area contributed by atoms with Gasteiger partial charge in [0.25, 0.3) is 0 Å². The van der Waals surface area contributed by atoms with Gasteiger partial charge >= 0.3 is 5.97 Å². The maximum atomic E-state index is 11.2. The van der Waals surface area contributed by atoms with Crippen molar-refractivity contribution in [3.8, 4) is 0 Å². The summed E-state index contributed by atoms with van der Waals surface area (Å²) >= 11 is 0. The summed E-state index contributed by atoms with van der Waals surface area (Å²) in [5.74, 6) is -0.552. The van der Waals surface area contributed by atoms with Crippen molar-refractivity contribution >= 4 is 18.1 Å². The fourth-order valence-electron chi connectivity index (χ4n) is 4.30. The van der Waals surface area contributed by atoms with Gasteiger partial charge in [-0.25, -0.2) is 4.79 Å². The first-order valence-electron chi connectivity index (χ1n) is 9.49. The summed E-state index contributed by atoms with van der Waals surface area (Å²) < 4.78 is 0. The third-order valence-corrected chi connectivity index (χ3v) is 5.81. The molecule has 1 atom stereocenters. The van der Waals surface area contributed by atoms with Gasteiger partial charge in [-0.1, -0.05) is 0 Å². The second kappa shape index (κ2) is 8.98. The van der Waals surface area contributed by atoms with E-state index in [0.717, 1.165) is 51.9 Å². The number of nitrogens with zero attached hydrogens (tertiary/aromatic N) is 3. The number of aliphatic carboxylic acids is 1. The summed E-state index contributed by atoms with van der Waals surface area (Å²) in [6.45, 7) is 4.22. The quantitative estimate of drug-likeness (QED) is 0.714. The van der Waals surface area contributed by atoms with Gasteiger partial charge in [-0.2, -0.15) is 0 Å². The van der Waals surface area contributed by atoms with Crippen molar-refractivity contribution in [3.63, 3.8) is 0 Å². The van der Waals surface area contributed by atoms with E-state index in [4.69, 9.17) is 0 Å². The average Bonchev–Trinajstić information content (AvgIpc) is 2.69. The highest BCUT2D eigenvalue weighted by molar-refractivity contribution is 5.76. The lowest BCUT2D eigenvalue weighted by atomic mass is 9.81. The van der Waals surface area contributed by atoms with Crippen LogP contribution in [0.2, 0.25) is 0 Å². The molecule has 7 heteroatoms. The van der Waals surface area contributed by atoms with Crippen molar-refractivity contribution < 1.29 is 14.7 Å². The van der Waals surface area contributed by atoms with Crippen LogP contribution in [0.4, 0.5) is 5.69 Å². The number of carboxylic acids is 1. The smallest absolute Gasteiger partial charge is 0.326 e. The first-order chi connectivity index (χ1) is 12.7. The lowest BCUT2D eigenvalue weighted by molar-refractivity contribution is -0.141. The lowest BCUT2D eigenvalue weighted by Gasteiger charge is -2.42. The van der Waals surface area contributed by atoms with Gasteiger partial charge in [0.05, 0.1) is 0 Å². The molecule has 0 bridgehead atoms. The summed E-state index contributed by atoms with van der Waals surface area (Å²) in [5, 5.41) is 11.6. The van der Waals surface area contributed by atoms with E-state index in [0.29, 0.717) is 24.8 Å². The number of carboxylic acid groups (broad SMARTS) is 1. The van der Waals surface area contributed by atoms with E-state index in [1.165, 1.54) is 5.69 Å². The molecule has 1 amide bonds. The number of amides is 1. The van der Waals surface area contributed by atoms with Crippen LogP contribution in [-0.4, -0.2) is 65.6 Å². The van der Waals surface area contributed by atoms with E-state index in [1.54, 1.807) is 0 Å². The van der Waals surface area contributed by atoms with Crippen LogP contribution in [0.3, 0.4) is 0 Å². The minimum absolute atomic E-state index is 0.387. The Balaban J connectivity index is 1.43. The fraction of sp³-hybridized carbons (Fsp3) is 0.632. The lowest BCUT2D eigenvalue weighted by Crippen LogP contribution is -2.51. The second-order valence-corrected chi connectivity index (χ2v) is 7.31. The van der Waals surface area contributed by atoms with Gasteiger partial charge in [0.2, 0.25) is 6.41 Å². The largest absolute Gasteiger partial charge is 0.480 e. The number of pyridine rings is 1. The second-order valence-electron chi connectivity index (χ2n) is 7.31. The molecule has 1 aliphatic carbocycles. The van der Waals surface area contributed by atoms with E-state index in [9.17, 15) is 14.7 Å². The van der Waals surface area contributed by atoms with Crippen molar-refractivity contribution in [2.45, 2.75) is 44.2 Å². The van der Waals surface area contributed by atoms with Crippen molar-refractivity contribution in [1.29, 1.82) is 0 Å². The molecule has 1 saturated heterocycles. The molecule has 2 N–H and O–H groups in total. The summed E-state index contributed by atoms with van der Waals surface area (Å²) in [6.07, 6.45) is 9.03. The van der Waals surface area contributed by atoms with Gasteiger partial charge in [-0.3, -0.25) is 14.7 Å². The van der Waals surface area contributed by atoms with Gasteiger partial charge in [0.15, 0.2) is 0 Å². The molecule has 0 spiro atoms. The highest BCUT2D eigenvalue weighted by Gasteiger charge is 2.30.